The molecular formula is C5H7IN2O. The lowest BCUT2D eigenvalue weighted by Crippen LogP contribution is -1.76. The maximum absolute atomic E-state index is 4.99. The van der Waals surface area contributed by atoms with Crippen LogP contribution in [0.15, 0.2) is 0 Å². The van der Waals surface area contributed by atoms with E-state index in [1.807, 2.05) is 36.9 Å². The van der Waals surface area contributed by atoms with E-state index < -0.39 is 0 Å². The number of nitrogens with one attached hydrogen (secondary N) is 1. The predicted molar refractivity (Wildman–Crippen MR) is 42.7 cm³/mol. The quantitative estimate of drug-likeness (QED) is 0.757. The molecule has 0 spiro atoms. The Kier molecular flexibility index (Phi) is 1.94. The number of hydrogen-bond donors (Lipinski definition) is 1. The summed E-state index contributed by atoms with van der Waals surface area (Å²) in [6, 6.07) is 0. The molecule has 1 heterocycles. The van der Waals surface area contributed by atoms with Crippen LogP contribution in [-0.2, 0) is 0 Å². The second-order valence-corrected chi connectivity index (χ2v) is 2.28. The molecule has 1 aromatic rings. The summed E-state index contributed by atoms with van der Waals surface area (Å²) in [5.41, 5.74) is 1.88. The van der Waals surface area contributed by atoms with E-state index >= 15 is 0 Å². The first-order chi connectivity index (χ1) is 4.25. The van der Waals surface area contributed by atoms with E-state index in [2.05, 4.69) is 10.2 Å². The van der Waals surface area contributed by atoms with Crippen molar-refractivity contribution in [1.82, 2.24) is 10.2 Å². The third-order valence-corrected chi connectivity index (χ3v) is 1.58. The van der Waals surface area contributed by atoms with Crippen LogP contribution in [0.25, 0.3) is 0 Å². The number of nitrogens with zero attached hydrogens (tertiary/aromatic N) is 1. The highest BCUT2D eigenvalue weighted by atomic mass is 127. The van der Waals surface area contributed by atoms with Crippen LogP contribution in [0, 0.1) is 13.8 Å². The lowest BCUT2D eigenvalue weighted by Gasteiger charge is -1.91. The molecule has 0 radical (unpaired) electrons. The van der Waals surface area contributed by atoms with Crippen molar-refractivity contribution in [3.05, 3.63) is 11.4 Å². The van der Waals surface area contributed by atoms with Gasteiger partial charge in [-0.25, -0.2) is 0 Å². The molecule has 0 bridgehead atoms. The van der Waals surface area contributed by atoms with Gasteiger partial charge in [-0.2, -0.15) is 5.10 Å². The Morgan fingerprint density at radius 2 is 2.22 bits per heavy atom. The Morgan fingerprint density at radius 3 is 2.44 bits per heavy atom. The molecule has 0 atom stereocenters. The van der Waals surface area contributed by atoms with Gasteiger partial charge < -0.3 is 3.07 Å². The molecule has 9 heavy (non-hydrogen) atoms. The first kappa shape index (κ1) is 6.85. The van der Waals surface area contributed by atoms with Gasteiger partial charge in [0.05, 0.1) is 5.69 Å². The van der Waals surface area contributed by atoms with Crippen LogP contribution in [-0.4, -0.2) is 10.2 Å². The fraction of sp³-hybridized carbons (Fsp3) is 0.400. The summed E-state index contributed by atoms with van der Waals surface area (Å²) in [6.07, 6.45) is 0. The van der Waals surface area contributed by atoms with Crippen molar-refractivity contribution < 1.29 is 3.07 Å². The molecule has 0 unspecified atom stereocenters. The van der Waals surface area contributed by atoms with Crippen LogP contribution < -0.4 is 3.07 Å². The van der Waals surface area contributed by atoms with Gasteiger partial charge in [0.1, 0.15) is 5.69 Å². The van der Waals surface area contributed by atoms with E-state index in [-0.39, 0.29) is 0 Å². The predicted octanol–water partition coefficient (Wildman–Crippen LogP) is 1.76. The minimum absolute atomic E-state index is 0.843. The SMILES string of the molecule is Cc1n[nH]c(C)c1OI. The van der Waals surface area contributed by atoms with Gasteiger partial charge in [-0.05, 0) is 13.8 Å². The van der Waals surface area contributed by atoms with Gasteiger partial charge in [0.15, 0.2) is 28.8 Å². The van der Waals surface area contributed by atoms with Gasteiger partial charge in [0.25, 0.3) is 0 Å². The summed E-state index contributed by atoms with van der Waals surface area (Å²) < 4.78 is 4.99. The van der Waals surface area contributed by atoms with E-state index in [4.69, 9.17) is 3.07 Å². The Bertz CT molecular complexity index is 189. The zero-order valence-electron chi connectivity index (χ0n) is 5.23. The molecule has 0 aliphatic heterocycles. The van der Waals surface area contributed by atoms with E-state index in [9.17, 15) is 0 Å². The standard InChI is InChI=1S/C5H7IN2O/c1-3-5(9-6)4(2)8-7-3/h1-2H3,(H,7,8). The van der Waals surface area contributed by atoms with E-state index in [1.54, 1.807) is 0 Å². The first-order valence-corrected chi connectivity index (χ1v) is 3.44. The van der Waals surface area contributed by atoms with Crippen LogP contribution in [0.2, 0.25) is 0 Å². The van der Waals surface area contributed by atoms with E-state index in [0.29, 0.717) is 0 Å². The highest BCUT2D eigenvalue weighted by Gasteiger charge is 2.04. The number of aromatic amines is 1. The maximum Gasteiger partial charge on any atom is 0.192 e. The van der Waals surface area contributed by atoms with Crippen molar-refractivity contribution in [3.63, 3.8) is 0 Å². The van der Waals surface area contributed by atoms with Crippen LogP contribution >= 0.6 is 23.0 Å². The molecule has 0 amide bonds. The summed E-state index contributed by atoms with van der Waals surface area (Å²) in [5, 5.41) is 6.74. The van der Waals surface area contributed by atoms with Crippen molar-refractivity contribution >= 4 is 23.0 Å². The fourth-order valence-electron chi connectivity index (χ4n) is 0.654. The van der Waals surface area contributed by atoms with Crippen molar-refractivity contribution in [2.45, 2.75) is 13.8 Å². The van der Waals surface area contributed by atoms with Gasteiger partial charge in [0, 0.05) is 0 Å². The number of aromatic nitrogens is 2. The van der Waals surface area contributed by atoms with Crippen LogP contribution in [0.4, 0.5) is 0 Å². The Balaban J connectivity index is 3.07. The zero-order valence-corrected chi connectivity index (χ0v) is 7.39. The molecule has 0 fully saturated rings. The normalized spacial score (nSPS) is 9.67. The number of aryl methyl sites for hydroxylation is 2. The Morgan fingerprint density at radius 1 is 1.56 bits per heavy atom. The van der Waals surface area contributed by atoms with Gasteiger partial charge in [-0.1, -0.05) is 0 Å². The Hall–Kier alpha value is -0.260. The molecule has 1 aromatic heterocycles. The monoisotopic (exact) mass is 238 g/mol. The average Bonchev–Trinajstić information content (AvgIpc) is 2.12. The van der Waals surface area contributed by atoms with E-state index in [1.165, 1.54) is 0 Å². The summed E-state index contributed by atoms with van der Waals surface area (Å²) in [7, 11) is 0. The molecule has 0 aliphatic rings. The summed E-state index contributed by atoms with van der Waals surface area (Å²) in [6.45, 7) is 3.82. The topological polar surface area (TPSA) is 37.9 Å². The maximum atomic E-state index is 4.99. The highest BCUT2D eigenvalue weighted by molar-refractivity contribution is 14.1. The lowest BCUT2D eigenvalue weighted by atomic mass is 10.4. The second-order valence-electron chi connectivity index (χ2n) is 1.84. The van der Waals surface area contributed by atoms with E-state index in [0.717, 1.165) is 17.1 Å². The number of hydrogen-bond acceptors (Lipinski definition) is 2. The van der Waals surface area contributed by atoms with Gasteiger partial charge >= 0.3 is 0 Å². The minimum Gasteiger partial charge on any atom is -0.424 e. The van der Waals surface area contributed by atoms with Crippen molar-refractivity contribution in [3.8, 4) is 5.75 Å². The largest absolute Gasteiger partial charge is 0.424 e. The molecule has 0 saturated carbocycles. The molecule has 50 valence electrons. The summed E-state index contributed by atoms with van der Waals surface area (Å²) in [4.78, 5) is 0. The molecule has 1 rings (SSSR count). The Labute approximate surface area is 67.5 Å². The molecule has 4 heteroatoms. The van der Waals surface area contributed by atoms with Gasteiger partial charge in [-0.15, -0.1) is 0 Å². The molecular weight excluding hydrogens is 231 g/mol. The molecule has 3 nitrogen and oxygen atoms in total. The van der Waals surface area contributed by atoms with Crippen LogP contribution in [0.3, 0.4) is 0 Å². The molecule has 0 aromatic carbocycles. The van der Waals surface area contributed by atoms with Crippen molar-refractivity contribution in [2.75, 3.05) is 0 Å². The number of halogens is 1. The summed E-state index contributed by atoms with van der Waals surface area (Å²) in [5.74, 6) is 0.843. The highest BCUT2D eigenvalue weighted by Crippen LogP contribution is 2.20. The molecule has 0 saturated heterocycles. The zero-order chi connectivity index (χ0) is 6.85. The van der Waals surface area contributed by atoms with Crippen molar-refractivity contribution in [2.24, 2.45) is 0 Å². The average molecular weight is 238 g/mol. The fourth-order valence-corrected chi connectivity index (χ4v) is 1.30. The van der Waals surface area contributed by atoms with Crippen LogP contribution in [0.1, 0.15) is 11.4 Å². The van der Waals surface area contributed by atoms with Gasteiger partial charge in [0.2, 0.25) is 0 Å². The van der Waals surface area contributed by atoms with Gasteiger partial charge in [-0.3, -0.25) is 5.10 Å². The molecule has 1 N–H and O–H groups in total. The third kappa shape index (κ3) is 1.17. The first-order valence-electron chi connectivity index (χ1n) is 2.56. The lowest BCUT2D eigenvalue weighted by molar-refractivity contribution is 0.702. The number of H-pyrrole nitrogens is 1. The second kappa shape index (κ2) is 2.55. The van der Waals surface area contributed by atoms with Crippen LogP contribution in [0.5, 0.6) is 5.75 Å². The number of rotatable bonds is 1. The third-order valence-electron chi connectivity index (χ3n) is 1.14. The summed E-state index contributed by atoms with van der Waals surface area (Å²) >= 11 is 1.84. The van der Waals surface area contributed by atoms with Crippen molar-refractivity contribution in [1.29, 1.82) is 0 Å². The minimum atomic E-state index is 0.843. The smallest absolute Gasteiger partial charge is 0.192 e. The molecule has 0 aliphatic carbocycles.